The lowest BCUT2D eigenvalue weighted by Crippen LogP contribution is -1.84. The number of benzene rings is 3. The van der Waals surface area contributed by atoms with E-state index in [1.54, 1.807) is 24.3 Å². The molecule has 0 atom stereocenters. The summed E-state index contributed by atoms with van der Waals surface area (Å²) in [6.07, 6.45) is 1.67. The third-order valence-electron chi connectivity index (χ3n) is 3.47. The number of fused-ring (bicyclic) bond motifs is 1. The van der Waals surface area contributed by atoms with Gasteiger partial charge in [-0.25, -0.2) is 4.39 Å². The van der Waals surface area contributed by atoms with Crippen molar-refractivity contribution < 1.29 is 14.6 Å². The zero-order valence-electron chi connectivity index (χ0n) is 11.2. The normalized spacial score (nSPS) is 10.7. The van der Waals surface area contributed by atoms with Crippen LogP contribution in [0.15, 0.2) is 55.1 Å². The van der Waals surface area contributed by atoms with Crippen molar-refractivity contribution in [2.24, 2.45) is 0 Å². The van der Waals surface area contributed by atoms with E-state index < -0.39 is 5.82 Å². The molecule has 21 heavy (non-hydrogen) atoms. The molecule has 0 unspecified atom stereocenters. The Kier molecular flexibility index (Phi) is 3.10. The van der Waals surface area contributed by atoms with E-state index in [1.165, 1.54) is 12.1 Å². The summed E-state index contributed by atoms with van der Waals surface area (Å²) in [5.74, 6) is -0.834. The molecule has 2 N–H and O–H groups in total. The molecule has 2 nitrogen and oxygen atoms in total. The van der Waals surface area contributed by atoms with Crippen molar-refractivity contribution in [1.29, 1.82) is 0 Å². The fourth-order valence-electron chi connectivity index (χ4n) is 2.41. The van der Waals surface area contributed by atoms with Gasteiger partial charge >= 0.3 is 0 Å². The second-order valence-corrected chi connectivity index (χ2v) is 4.84. The molecule has 104 valence electrons. The molecule has 0 fully saturated rings. The summed E-state index contributed by atoms with van der Waals surface area (Å²) in [4.78, 5) is 0. The fraction of sp³-hybridized carbons (Fsp3) is 0. The van der Waals surface area contributed by atoms with Gasteiger partial charge in [0, 0.05) is 0 Å². The second-order valence-electron chi connectivity index (χ2n) is 4.84. The fourth-order valence-corrected chi connectivity index (χ4v) is 2.41. The van der Waals surface area contributed by atoms with E-state index in [1.807, 2.05) is 18.2 Å². The zero-order chi connectivity index (χ0) is 15.0. The smallest absolute Gasteiger partial charge is 0.165 e. The number of hydrogen-bond donors (Lipinski definition) is 2. The van der Waals surface area contributed by atoms with Crippen molar-refractivity contribution >= 4 is 16.8 Å². The predicted molar refractivity (Wildman–Crippen MR) is 82.8 cm³/mol. The van der Waals surface area contributed by atoms with Crippen molar-refractivity contribution in [1.82, 2.24) is 0 Å². The SMILES string of the molecule is C=Cc1cc(O)cc2ccc(-c3ccc(O)c(F)c3)cc12. The minimum Gasteiger partial charge on any atom is -0.508 e. The minimum absolute atomic E-state index is 0.181. The highest BCUT2D eigenvalue weighted by Crippen LogP contribution is 2.31. The van der Waals surface area contributed by atoms with Crippen LogP contribution in [0, 0.1) is 5.82 Å². The molecule has 3 heteroatoms. The van der Waals surface area contributed by atoms with E-state index in [0.717, 1.165) is 21.9 Å². The summed E-state index contributed by atoms with van der Waals surface area (Å²) >= 11 is 0. The van der Waals surface area contributed by atoms with Gasteiger partial charge in [-0.2, -0.15) is 0 Å². The van der Waals surface area contributed by atoms with Crippen LogP contribution >= 0.6 is 0 Å². The Morgan fingerprint density at radius 3 is 2.33 bits per heavy atom. The molecule has 0 spiro atoms. The first-order valence-corrected chi connectivity index (χ1v) is 6.46. The van der Waals surface area contributed by atoms with Crippen LogP contribution in [0.3, 0.4) is 0 Å². The van der Waals surface area contributed by atoms with Crippen molar-refractivity contribution in [3.8, 4) is 22.6 Å². The molecule has 0 aliphatic heterocycles. The van der Waals surface area contributed by atoms with Crippen LogP contribution < -0.4 is 0 Å². The van der Waals surface area contributed by atoms with Gasteiger partial charge in [0.1, 0.15) is 5.75 Å². The Morgan fingerprint density at radius 1 is 0.905 bits per heavy atom. The molecule has 0 heterocycles. The van der Waals surface area contributed by atoms with Gasteiger partial charge in [-0.3, -0.25) is 0 Å². The lowest BCUT2D eigenvalue weighted by atomic mass is 9.98. The van der Waals surface area contributed by atoms with Gasteiger partial charge in [0.15, 0.2) is 11.6 Å². The van der Waals surface area contributed by atoms with Crippen LogP contribution in [-0.2, 0) is 0 Å². The molecule has 0 aliphatic rings. The first-order valence-electron chi connectivity index (χ1n) is 6.46. The summed E-state index contributed by atoms with van der Waals surface area (Å²) in [5.41, 5.74) is 2.32. The highest BCUT2D eigenvalue weighted by molar-refractivity contribution is 5.94. The van der Waals surface area contributed by atoms with E-state index in [-0.39, 0.29) is 11.5 Å². The minimum atomic E-state index is -0.651. The van der Waals surface area contributed by atoms with E-state index in [9.17, 15) is 14.6 Å². The zero-order valence-corrected chi connectivity index (χ0v) is 11.2. The van der Waals surface area contributed by atoms with E-state index in [2.05, 4.69) is 6.58 Å². The molecule has 0 saturated carbocycles. The summed E-state index contributed by atoms with van der Waals surface area (Å²) < 4.78 is 13.5. The third-order valence-corrected chi connectivity index (χ3v) is 3.47. The summed E-state index contributed by atoms with van der Waals surface area (Å²) in [6, 6.07) is 13.2. The molecular formula is C18H13FO2. The van der Waals surface area contributed by atoms with Crippen LogP contribution in [0.1, 0.15) is 5.56 Å². The molecule has 0 aromatic heterocycles. The Morgan fingerprint density at radius 2 is 1.62 bits per heavy atom. The first-order chi connectivity index (χ1) is 10.1. The Bertz CT molecular complexity index is 853. The summed E-state index contributed by atoms with van der Waals surface area (Å²) in [6.45, 7) is 3.75. The number of aromatic hydroxyl groups is 2. The average Bonchev–Trinajstić information content (AvgIpc) is 2.48. The highest BCUT2D eigenvalue weighted by atomic mass is 19.1. The molecule has 0 aliphatic carbocycles. The average molecular weight is 280 g/mol. The van der Waals surface area contributed by atoms with Gasteiger partial charge in [0.2, 0.25) is 0 Å². The van der Waals surface area contributed by atoms with Crippen LogP contribution in [0.5, 0.6) is 11.5 Å². The number of hydrogen-bond acceptors (Lipinski definition) is 2. The molecular weight excluding hydrogens is 267 g/mol. The standard InChI is InChI=1S/C18H13FO2/c1-2-11-7-15(20)8-14-4-3-12(9-16(11)14)13-5-6-18(21)17(19)10-13/h2-10,20-21H,1H2. The lowest BCUT2D eigenvalue weighted by molar-refractivity contribution is 0.432. The van der Waals surface area contributed by atoms with Crippen molar-refractivity contribution in [2.75, 3.05) is 0 Å². The molecule has 0 amide bonds. The summed E-state index contributed by atoms with van der Waals surface area (Å²) in [7, 11) is 0. The number of phenols is 2. The van der Waals surface area contributed by atoms with E-state index >= 15 is 0 Å². The van der Waals surface area contributed by atoms with Crippen LogP contribution in [-0.4, -0.2) is 10.2 Å². The van der Waals surface area contributed by atoms with Gasteiger partial charge in [0.05, 0.1) is 0 Å². The molecule has 0 radical (unpaired) electrons. The van der Waals surface area contributed by atoms with Crippen molar-refractivity contribution in [3.63, 3.8) is 0 Å². The van der Waals surface area contributed by atoms with Gasteiger partial charge in [0.25, 0.3) is 0 Å². The second kappa shape index (κ2) is 4.94. The van der Waals surface area contributed by atoms with Crippen LogP contribution in [0.25, 0.3) is 28.0 Å². The third kappa shape index (κ3) is 2.34. The van der Waals surface area contributed by atoms with Crippen molar-refractivity contribution in [3.05, 3.63) is 66.5 Å². The van der Waals surface area contributed by atoms with Crippen LogP contribution in [0.4, 0.5) is 4.39 Å². The van der Waals surface area contributed by atoms with Gasteiger partial charge in [-0.05, 0) is 57.8 Å². The first kappa shape index (κ1) is 13.2. The molecule has 3 rings (SSSR count). The maximum Gasteiger partial charge on any atom is 0.165 e. The van der Waals surface area contributed by atoms with E-state index in [0.29, 0.717) is 5.56 Å². The largest absolute Gasteiger partial charge is 0.508 e. The lowest BCUT2D eigenvalue weighted by Gasteiger charge is -2.08. The molecule has 0 bridgehead atoms. The molecule has 3 aromatic rings. The monoisotopic (exact) mass is 280 g/mol. The quantitative estimate of drug-likeness (QED) is 0.714. The molecule has 3 aromatic carbocycles. The molecule has 0 saturated heterocycles. The topological polar surface area (TPSA) is 40.5 Å². The maximum absolute atomic E-state index is 13.5. The number of rotatable bonds is 2. The van der Waals surface area contributed by atoms with Gasteiger partial charge < -0.3 is 10.2 Å². The Hall–Kier alpha value is -2.81. The number of halogens is 1. The predicted octanol–water partition coefficient (Wildman–Crippen LogP) is 4.70. The van der Waals surface area contributed by atoms with E-state index in [4.69, 9.17) is 0 Å². The maximum atomic E-state index is 13.5. The van der Waals surface area contributed by atoms with Crippen molar-refractivity contribution in [2.45, 2.75) is 0 Å². The van der Waals surface area contributed by atoms with Crippen LogP contribution in [0.2, 0.25) is 0 Å². The van der Waals surface area contributed by atoms with Gasteiger partial charge in [-0.15, -0.1) is 0 Å². The number of phenolic OH excluding ortho intramolecular Hbond substituents is 2. The summed E-state index contributed by atoms with van der Waals surface area (Å²) in [5, 5.41) is 20.7. The highest BCUT2D eigenvalue weighted by Gasteiger charge is 2.07. The van der Waals surface area contributed by atoms with Gasteiger partial charge in [-0.1, -0.05) is 30.9 Å². The Labute approximate surface area is 121 Å². The Balaban J connectivity index is 2.22.